The molecule has 0 aliphatic carbocycles. The maximum Gasteiger partial charge on any atom is 0.265 e. The Labute approximate surface area is 121 Å². The van der Waals surface area contributed by atoms with Gasteiger partial charge in [0, 0.05) is 41.9 Å². The van der Waals surface area contributed by atoms with Crippen LogP contribution in [0.3, 0.4) is 0 Å². The molecule has 0 atom stereocenters. The summed E-state index contributed by atoms with van der Waals surface area (Å²) in [5, 5.41) is 1.96. The van der Waals surface area contributed by atoms with Crippen LogP contribution in [-0.2, 0) is 0 Å². The number of anilines is 1. The summed E-state index contributed by atoms with van der Waals surface area (Å²) in [6, 6.07) is 3.61. The number of carbonyl (C=O) groups is 1. The summed E-state index contributed by atoms with van der Waals surface area (Å²) < 4.78 is 0.819. The van der Waals surface area contributed by atoms with Crippen molar-refractivity contribution in [3.8, 4) is 0 Å². The second-order valence-corrected chi connectivity index (χ2v) is 5.81. The van der Waals surface area contributed by atoms with Crippen LogP contribution in [0.4, 0.5) is 5.69 Å². The van der Waals surface area contributed by atoms with Crippen molar-refractivity contribution >= 4 is 27.5 Å². The van der Waals surface area contributed by atoms with Gasteiger partial charge in [-0.2, -0.15) is 0 Å². The van der Waals surface area contributed by atoms with Crippen molar-refractivity contribution in [3.63, 3.8) is 0 Å². The molecular weight excluding hydrogens is 308 g/mol. The van der Waals surface area contributed by atoms with E-state index < -0.39 is 0 Å². The lowest BCUT2D eigenvalue weighted by molar-refractivity contribution is 0.0662. The molecule has 3 N–H and O–H groups in total. The summed E-state index contributed by atoms with van der Waals surface area (Å²) in [5.41, 5.74) is 10.9. The summed E-state index contributed by atoms with van der Waals surface area (Å²) >= 11 is 3.37. The van der Waals surface area contributed by atoms with Gasteiger partial charge in [0.05, 0.1) is 0 Å². The van der Waals surface area contributed by atoms with Crippen molar-refractivity contribution in [1.29, 1.82) is 0 Å². The number of hydrogen-bond donors (Lipinski definition) is 2. The minimum absolute atomic E-state index is 0.102. The van der Waals surface area contributed by atoms with Crippen LogP contribution in [0, 0.1) is 6.92 Å². The molecule has 2 rings (SSSR count). The zero-order chi connectivity index (χ0) is 14.0. The first-order valence-electron chi connectivity index (χ1n) is 6.27. The van der Waals surface area contributed by atoms with E-state index >= 15 is 0 Å². The molecule has 0 radical (unpaired) electrons. The monoisotopic (exact) mass is 326 g/mol. The van der Waals surface area contributed by atoms with Crippen LogP contribution in [0.5, 0.6) is 0 Å². The minimum Gasteiger partial charge on any atom is -0.398 e. The van der Waals surface area contributed by atoms with Gasteiger partial charge in [0.1, 0.15) is 0 Å². The predicted molar refractivity (Wildman–Crippen MR) is 79.8 cm³/mol. The Morgan fingerprint density at radius 2 is 1.95 bits per heavy atom. The standard InChI is InChI=1S/C13H19BrN4O/c1-9-11(7-10(14)8-12(9)15)13(19)16-18-5-3-17(2)4-6-18/h7-8H,3-6,15H2,1-2H3,(H,16,19). The first-order chi connectivity index (χ1) is 8.97. The molecule has 1 saturated heterocycles. The predicted octanol–water partition coefficient (Wildman–Crippen LogP) is 1.23. The lowest BCUT2D eigenvalue weighted by atomic mass is 10.1. The number of piperazine rings is 1. The number of hydrazine groups is 1. The molecule has 0 spiro atoms. The van der Waals surface area contributed by atoms with Crippen molar-refractivity contribution in [1.82, 2.24) is 15.3 Å². The van der Waals surface area contributed by atoms with E-state index in [0.717, 1.165) is 36.2 Å². The fourth-order valence-corrected chi connectivity index (χ4v) is 2.53. The van der Waals surface area contributed by atoms with Gasteiger partial charge in [-0.05, 0) is 31.7 Å². The number of halogens is 1. The molecule has 1 aliphatic rings. The molecule has 1 fully saturated rings. The van der Waals surface area contributed by atoms with Crippen LogP contribution in [0.1, 0.15) is 15.9 Å². The molecule has 1 aromatic rings. The fraction of sp³-hybridized carbons (Fsp3) is 0.462. The van der Waals surface area contributed by atoms with E-state index in [0.29, 0.717) is 11.3 Å². The number of nitrogens with two attached hydrogens (primary N) is 1. The normalized spacial score (nSPS) is 17.4. The van der Waals surface area contributed by atoms with Crippen molar-refractivity contribution in [2.45, 2.75) is 6.92 Å². The van der Waals surface area contributed by atoms with Crippen LogP contribution in [-0.4, -0.2) is 49.0 Å². The average Bonchev–Trinajstić information content (AvgIpc) is 2.36. The third kappa shape index (κ3) is 3.46. The summed E-state index contributed by atoms with van der Waals surface area (Å²) in [5.74, 6) is -0.102. The highest BCUT2D eigenvalue weighted by molar-refractivity contribution is 9.10. The van der Waals surface area contributed by atoms with E-state index in [1.165, 1.54) is 0 Å². The van der Waals surface area contributed by atoms with Gasteiger partial charge in [-0.1, -0.05) is 15.9 Å². The van der Waals surface area contributed by atoms with E-state index in [2.05, 4.69) is 33.3 Å². The molecule has 0 saturated carbocycles. The highest BCUT2D eigenvalue weighted by Crippen LogP contribution is 2.22. The first-order valence-corrected chi connectivity index (χ1v) is 7.07. The van der Waals surface area contributed by atoms with Crippen LogP contribution >= 0.6 is 15.9 Å². The fourth-order valence-electron chi connectivity index (χ4n) is 2.06. The third-order valence-corrected chi connectivity index (χ3v) is 3.88. The second-order valence-electron chi connectivity index (χ2n) is 4.90. The zero-order valence-corrected chi connectivity index (χ0v) is 12.8. The number of likely N-dealkylation sites (N-methyl/N-ethyl adjacent to an activating group) is 1. The number of nitrogens with one attached hydrogen (secondary N) is 1. The summed E-state index contributed by atoms with van der Waals surface area (Å²) in [7, 11) is 2.08. The molecule has 19 heavy (non-hydrogen) atoms. The molecule has 104 valence electrons. The van der Waals surface area contributed by atoms with E-state index in [9.17, 15) is 4.79 Å². The van der Waals surface area contributed by atoms with Crippen molar-refractivity contribution < 1.29 is 4.79 Å². The van der Waals surface area contributed by atoms with Gasteiger partial charge in [-0.15, -0.1) is 0 Å². The van der Waals surface area contributed by atoms with E-state index in [-0.39, 0.29) is 5.91 Å². The number of rotatable bonds is 2. The average molecular weight is 327 g/mol. The van der Waals surface area contributed by atoms with Gasteiger partial charge >= 0.3 is 0 Å². The summed E-state index contributed by atoms with van der Waals surface area (Å²) in [4.78, 5) is 14.5. The van der Waals surface area contributed by atoms with Gasteiger partial charge in [0.25, 0.3) is 5.91 Å². The maximum atomic E-state index is 12.3. The zero-order valence-electron chi connectivity index (χ0n) is 11.2. The van der Waals surface area contributed by atoms with Crippen LogP contribution in [0.25, 0.3) is 0 Å². The van der Waals surface area contributed by atoms with E-state index in [1.807, 2.05) is 18.0 Å². The number of carbonyl (C=O) groups excluding carboxylic acids is 1. The van der Waals surface area contributed by atoms with Crippen LogP contribution < -0.4 is 11.2 Å². The second kappa shape index (κ2) is 5.90. The molecule has 1 aromatic carbocycles. The smallest absolute Gasteiger partial charge is 0.265 e. The number of amides is 1. The molecule has 1 amide bonds. The molecule has 1 aliphatic heterocycles. The first kappa shape index (κ1) is 14.3. The highest BCUT2D eigenvalue weighted by atomic mass is 79.9. The Balaban J connectivity index is 2.08. The Kier molecular flexibility index (Phi) is 4.44. The third-order valence-electron chi connectivity index (χ3n) is 3.42. The maximum absolute atomic E-state index is 12.3. The van der Waals surface area contributed by atoms with Crippen molar-refractivity contribution in [3.05, 3.63) is 27.7 Å². The molecule has 1 heterocycles. The number of benzene rings is 1. The van der Waals surface area contributed by atoms with Gasteiger partial charge in [-0.3, -0.25) is 10.2 Å². The van der Waals surface area contributed by atoms with Gasteiger partial charge in [-0.25, -0.2) is 5.01 Å². The summed E-state index contributed by atoms with van der Waals surface area (Å²) in [6.45, 7) is 5.45. The summed E-state index contributed by atoms with van der Waals surface area (Å²) in [6.07, 6.45) is 0. The van der Waals surface area contributed by atoms with Crippen molar-refractivity contribution in [2.24, 2.45) is 0 Å². The quantitative estimate of drug-likeness (QED) is 0.802. The Morgan fingerprint density at radius 3 is 2.58 bits per heavy atom. The SMILES string of the molecule is Cc1c(N)cc(Br)cc1C(=O)NN1CCN(C)CC1. The lowest BCUT2D eigenvalue weighted by Gasteiger charge is -2.32. The Hall–Kier alpha value is -1.11. The molecular formula is C13H19BrN4O. The topological polar surface area (TPSA) is 61.6 Å². The Morgan fingerprint density at radius 1 is 1.32 bits per heavy atom. The molecule has 5 nitrogen and oxygen atoms in total. The van der Waals surface area contributed by atoms with E-state index in [4.69, 9.17) is 5.73 Å². The van der Waals surface area contributed by atoms with Gasteiger partial charge in [0.15, 0.2) is 0 Å². The molecule has 0 unspecified atom stereocenters. The number of nitrogens with zero attached hydrogens (tertiary/aromatic N) is 2. The highest BCUT2D eigenvalue weighted by Gasteiger charge is 2.18. The van der Waals surface area contributed by atoms with Crippen LogP contribution in [0.2, 0.25) is 0 Å². The number of hydrogen-bond acceptors (Lipinski definition) is 4. The lowest BCUT2D eigenvalue weighted by Crippen LogP contribution is -2.52. The van der Waals surface area contributed by atoms with Crippen molar-refractivity contribution in [2.75, 3.05) is 39.0 Å². The molecule has 0 bridgehead atoms. The molecule has 6 heteroatoms. The Bertz CT molecular complexity index is 484. The number of nitrogen functional groups attached to an aromatic ring is 1. The van der Waals surface area contributed by atoms with E-state index in [1.54, 1.807) is 6.07 Å². The largest absolute Gasteiger partial charge is 0.398 e. The minimum atomic E-state index is -0.102. The van der Waals surface area contributed by atoms with Gasteiger partial charge < -0.3 is 10.6 Å². The van der Waals surface area contributed by atoms with Crippen LogP contribution in [0.15, 0.2) is 16.6 Å². The van der Waals surface area contributed by atoms with Gasteiger partial charge in [0.2, 0.25) is 0 Å². The molecule has 0 aromatic heterocycles.